The molecule has 0 aliphatic rings. The molecule has 0 bridgehead atoms. The molecule has 0 aliphatic heterocycles. The molecule has 4 nitrogen and oxygen atoms in total. The summed E-state index contributed by atoms with van der Waals surface area (Å²) in [6, 6.07) is 0. The molecule has 0 unspecified atom stereocenters. The first-order valence-corrected chi connectivity index (χ1v) is 4.19. The smallest absolute Gasteiger partial charge is 0.251 e. The molecule has 0 radical (unpaired) electrons. The Balaban J connectivity index is 2.91. The number of hydrogen-bond acceptors (Lipinski definition) is 3. The quantitative estimate of drug-likeness (QED) is 0.713. The fourth-order valence-electron chi connectivity index (χ4n) is 0.774. The molecule has 0 aliphatic carbocycles. The first-order valence-electron chi connectivity index (χ1n) is 3.25. The van der Waals surface area contributed by atoms with Crippen LogP contribution in [0.25, 0.3) is 0 Å². The number of thiophene rings is 1. The molecule has 12 heavy (non-hydrogen) atoms. The van der Waals surface area contributed by atoms with E-state index in [1.54, 1.807) is 10.8 Å². The zero-order valence-electron chi connectivity index (χ0n) is 6.46. The number of amides is 2. The summed E-state index contributed by atoms with van der Waals surface area (Å²) in [6.45, 7) is 1.38. The summed E-state index contributed by atoms with van der Waals surface area (Å²) in [4.78, 5) is 21.4. The maximum atomic E-state index is 10.7. The fraction of sp³-hybridized carbons (Fsp3) is 0.143. The van der Waals surface area contributed by atoms with Crippen LogP contribution in [-0.4, -0.2) is 11.8 Å². The number of carbonyl (C=O) groups excluding carboxylic acids is 2. The lowest BCUT2D eigenvalue weighted by atomic mass is 10.3. The van der Waals surface area contributed by atoms with Gasteiger partial charge in [-0.3, -0.25) is 9.59 Å². The molecule has 0 saturated heterocycles. The van der Waals surface area contributed by atoms with Crippen LogP contribution in [0.2, 0.25) is 0 Å². The average molecular weight is 184 g/mol. The zero-order chi connectivity index (χ0) is 9.14. The van der Waals surface area contributed by atoms with E-state index in [4.69, 9.17) is 5.73 Å². The molecule has 0 saturated carbocycles. The Morgan fingerprint density at radius 2 is 2.17 bits per heavy atom. The van der Waals surface area contributed by atoms with Gasteiger partial charge in [-0.2, -0.15) is 0 Å². The van der Waals surface area contributed by atoms with Crippen LogP contribution < -0.4 is 11.1 Å². The molecule has 3 N–H and O–H groups in total. The topological polar surface area (TPSA) is 72.2 Å². The van der Waals surface area contributed by atoms with E-state index in [-0.39, 0.29) is 5.91 Å². The third-order valence-corrected chi connectivity index (χ3v) is 1.98. The Hall–Kier alpha value is -1.36. The number of nitrogens with one attached hydrogen (secondary N) is 1. The lowest BCUT2D eigenvalue weighted by Gasteiger charge is -1.99. The summed E-state index contributed by atoms with van der Waals surface area (Å²) in [7, 11) is 0. The molecular formula is C7H8N2O2S. The Labute approximate surface area is 73.4 Å². The Kier molecular flexibility index (Phi) is 2.44. The van der Waals surface area contributed by atoms with Crippen molar-refractivity contribution in [2.45, 2.75) is 6.92 Å². The van der Waals surface area contributed by atoms with Crippen molar-refractivity contribution in [3.05, 3.63) is 16.3 Å². The molecule has 2 amide bonds. The molecule has 5 heteroatoms. The zero-order valence-corrected chi connectivity index (χ0v) is 7.27. The van der Waals surface area contributed by atoms with Gasteiger partial charge in [-0.05, 0) is 0 Å². The first-order chi connectivity index (χ1) is 5.61. The van der Waals surface area contributed by atoms with Gasteiger partial charge in [-0.25, -0.2) is 0 Å². The van der Waals surface area contributed by atoms with E-state index in [1.165, 1.54) is 18.3 Å². The van der Waals surface area contributed by atoms with Crippen molar-refractivity contribution < 1.29 is 9.59 Å². The summed E-state index contributed by atoms with van der Waals surface area (Å²) in [5, 5.41) is 5.78. The standard InChI is InChI=1S/C7H8N2O2S/c1-4(10)9-6-3-12-2-5(6)7(8)11/h2-3H,1H3,(H2,8,11)(H,9,10). The van der Waals surface area contributed by atoms with Gasteiger partial charge in [0.1, 0.15) is 0 Å². The van der Waals surface area contributed by atoms with E-state index < -0.39 is 5.91 Å². The van der Waals surface area contributed by atoms with Crippen molar-refractivity contribution in [3.63, 3.8) is 0 Å². The molecule has 0 atom stereocenters. The van der Waals surface area contributed by atoms with Crippen molar-refractivity contribution >= 4 is 28.8 Å². The Morgan fingerprint density at radius 3 is 2.67 bits per heavy atom. The highest BCUT2D eigenvalue weighted by atomic mass is 32.1. The van der Waals surface area contributed by atoms with Gasteiger partial charge in [-0.15, -0.1) is 11.3 Å². The number of rotatable bonds is 2. The molecule has 0 aromatic carbocycles. The fourth-order valence-corrected chi connectivity index (χ4v) is 1.54. The number of primary amides is 1. The maximum Gasteiger partial charge on any atom is 0.251 e. The lowest BCUT2D eigenvalue weighted by Crippen LogP contribution is -2.14. The van der Waals surface area contributed by atoms with Crippen LogP contribution in [0.5, 0.6) is 0 Å². The molecule has 1 heterocycles. The van der Waals surface area contributed by atoms with Crippen molar-refractivity contribution in [2.75, 3.05) is 5.32 Å². The minimum Gasteiger partial charge on any atom is -0.366 e. The van der Waals surface area contributed by atoms with Crippen molar-refractivity contribution in [1.29, 1.82) is 0 Å². The predicted molar refractivity (Wildman–Crippen MR) is 47.1 cm³/mol. The monoisotopic (exact) mass is 184 g/mol. The van der Waals surface area contributed by atoms with E-state index in [2.05, 4.69) is 5.32 Å². The van der Waals surface area contributed by atoms with Crippen molar-refractivity contribution in [1.82, 2.24) is 0 Å². The second-order valence-electron chi connectivity index (χ2n) is 2.24. The molecule has 0 spiro atoms. The molecule has 1 aromatic rings. The minimum absolute atomic E-state index is 0.212. The van der Waals surface area contributed by atoms with Gasteiger partial charge >= 0.3 is 0 Å². The van der Waals surface area contributed by atoms with E-state index in [9.17, 15) is 9.59 Å². The van der Waals surface area contributed by atoms with Gasteiger partial charge in [0.2, 0.25) is 5.91 Å². The molecule has 0 fully saturated rings. The minimum atomic E-state index is -0.528. The van der Waals surface area contributed by atoms with Crippen LogP contribution in [0.1, 0.15) is 17.3 Å². The second kappa shape index (κ2) is 3.36. The van der Waals surface area contributed by atoms with Gasteiger partial charge in [0, 0.05) is 17.7 Å². The normalized spacial score (nSPS) is 9.42. The highest BCUT2D eigenvalue weighted by molar-refractivity contribution is 7.08. The number of carbonyl (C=O) groups is 2. The lowest BCUT2D eigenvalue weighted by molar-refractivity contribution is -0.114. The highest BCUT2D eigenvalue weighted by Crippen LogP contribution is 2.19. The second-order valence-corrected chi connectivity index (χ2v) is 2.99. The van der Waals surface area contributed by atoms with E-state index in [1.807, 2.05) is 0 Å². The highest BCUT2D eigenvalue weighted by Gasteiger charge is 2.09. The van der Waals surface area contributed by atoms with Crippen LogP contribution in [0.15, 0.2) is 10.8 Å². The predicted octanol–water partition coefficient (Wildman–Crippen LogP) is 0.805. The van der Waals surface area contributed by atoms with Crippen LogP contribution in [0.4, 0.5) is 5.69 Å². The number of hydrogen-bond donors (Lipinski definition) is 2. The summed E-state index contributed by atoms with van der Waals surface area (Å²) in [6.07, 6.45) is 0. The Bertz CT molecular complexity index is 319. The van der Waals surface area contributed by atoms with Crippen LogP contribution >= 0.6 is 11.3 Å². The summed E-state index contributed by atoms with van der Waals surface area (Å²) in [5.74, 6) is -0.740. The van der Waals surface area contributed by atoms with E-state index in [0.717, 1.165) is 0 Å². The van der Waals surface area contributed by atoms with Gasteiger partial charge in [0.25, 0.3) is 5.91 Å². The van der Waals surface area contributed by atoms with Crippen LogP contribution in [0, 0.1) is 0 Å². The van der Waals surface area contributed by atoms with Crippen LogP contribution in [-0.2, 0) is 4.79 Å². The Morgan fingerprint density at radius 1 is 1.50 bits per heavy atom. The molecular weight excluding hydrogens is 176 g/mol. The van der Waals surface area contributed by atoms with Gasteiger partial charge < -0.3 is 11.1 Å². The van der Waals surface area contributed by atoms with Crippen molar-refractivity contribution in [2.24, 2.45) is 5.73 Å². The third kappa shape index (κ3) is 1.82. The van der Waals surface area contributed by atoms with Gasteiger partial charge in [-0.1, -0.05) is 0 Å². The van der Waals surface area contributed by atoms with Crippen molar-refractivity contribution in [3.8, 4) is 0 Å². The number of nitrogens with two attached hydrogens (primary N) is 1. The van der Waals surface area contributed by atoms with Gasteiger partial charge in [0.05, 0.1) is 11.3 Å². The maximum absolute atomic E-state index is 10.7. The summed E-state index contributed by atoms with van der Waals surface area (Å²) in [5.41, 5.74) is 5.89. The largest absolute Gasteiger partial charge is 0.366 e. The summed E-state index contributed by atoms with van der Waals surface area (Å²) < 4.78 is 0. The number of anilines is 1. The molecule has 1 rings (SSSR count). The van der Waals surface area contributed by atoms with E-state index >= 15 is 0 Å². The average Bonchev–Trinajstić information content (AvgIpc) is 2.33. The first kappa shape index (κ1) is 8.73. The van der Waals surface area contributed by atoms with Gasteiger partial charge in [0.15, 0.2) is 0 Å². The SMILES string of the molecule is CC(=O)Nc1cscc1C(N)=O. The van der Waals surface area contributed by atoms with Crippen LogP contribution in [0.3, 0.4) is 0 Å². The molecule has 64 valence electrons. The van der Waals surface area contributed by atoms with E-state index in [0.29, 0.717) is 11.3 Å². The molecule has 1 aromatic heterocycles. The third-order valence-electron chi connectivity index (χ3n) is 1.24. The summed E-state index contributed by atoms with van der Waals surface area (Å²) >= 11 is 1.32.